The minimum absolute atomic E-state index is 0. The van der Waals surface area contributed by atoms with Crippen molar-refractivity contribution < 1.29 is 4.79 Å². The van der Waals surface area contributed by atoms with E-state index >= 15 is 0 Å². The monoisotopic (exact) mass is 284 g/mol. The van der Waals surface area contributed by atoms with Crippen molar-refractivity contribution in [3.05, 3.63) is 35.9 Å². The number of hydrogen-bond donors (Lipinski definition) is 2. The summed E-state index contributed by atoms with van der Waals surface area (Å²) in [6, 6.07) is 10.3. The molecule has 0 fully saturated rings. The highest BCUT2D eigenvalue weighted by atomic mass is 35.5. The highest BCUT2D eigenvalue weighted by molar-refractivity contribution is 5.85. The van der Waals surface area contributed by atoms with E-state index in [1.54, 1.807) is 0 Å². The molecule has 0 bridgehead atoms. The molecule has 1 amide bonds. The summed E-state index contributed by atoms with van der Waals surface area (Å²) in [5, 5.41) is 3.08. The number of carbonyl (C=O) groups is 1. The zero-order chi connectivity index (χ0) is 13.5. The first-order valence-electron chi connectivity index (χ1n) is 6.64. The number of halogens is 1. The zero-order valence-corrected chi connectivity index (χ0v) is 12.7. The van der Waals surface area contributed by atoms with Crippen LogP contribution in [0, 0.1) is 5.92 Å². The van der Waals surface area contributed by atoms with Crippen LogP contribution in [0.2, 0.25) is 0 Å². The first-order valence-corrected chi connectivity index (χ1v) is 6.64. The maximum absolute atomic E-state index is 12.0. The third kappa shape index (κ3) is 6.08. The van der Waals surface area contributed by atoms with Gasteiger partial charge >= 0.3 is 0 Å². The zero-order valence-electron chi connectivity index (χ0n) is 11.9. The predicted molar refractivity (Wildman–Crippen MR) is 82.4 cm³/mol. The number of carbonyl (C=O) groups excluding carboxylic acids is 1. The molecule has 108 valence electrons. The predicted octanol–water partition coefficient (Wildman–Crippen LogP) is 2.53. The molecule has 1 aromatic carbocycles. The van der Waals surface area contributed by atoms with Gasteiger partial charge in [0, 0.05) is 18.0 Å². The van der Waals surface area contributed by atoms with E-state index in [2.05, 4.69) is 24.4 Å². The fourth-order valence-electron chi connectivity index (χ4n) is 1.77. The van der Waals surface area contributed by atoms with Gasteiger partial charge in [0.1, 0.15) is 0 Å². The van der Waals surface area contributed by atoms with Gasteiger partial charge in [-0.25, -0.2) is 0 Å². The van der Waals surface area contributed by atoms with Gasteiger partial charge in [-0.2, -0.15) is 0 Å². The van der Waals surface area contributed by atoms with Crippen molar-refractivity contribution in [1.82, 2.24) is 5.32 Å². The van der Waals surface area contributed by atoms with Crippen LogP contribution in [0.1, 0.15) is 32.8 Å². The number of nitrogens with one attached hydrogen (secondary N) is 1. The molecule has 1 aromatic rings. The van der Waals surface area contributed by atoms with E-state index in [1.165, 1.54) is 5.56 Å². The van der Waals surface area contributed by atoms with E-state index < -0.39 is 0 Å². The van der Waals surface area contributed by atoms with E-state index in [1.807, 2.05) is 32.0 Å². The van der Waals surface area contributed by atoms with E-state index in [4.69, 9.17) is 5.73 Å². The summed E-state index contributed by atoms with van der Waals surface area (Å²) in [6.45, 7) is 5.82. The molecule has 0 spiro atoms. The molecular weight excluding hydrogens is 260 g/mol. The van der Waals surface area contributed by atoms with E-state index in [-0.39, 0.29) is 36.3 Å². The van der Waals surface area contributed by atoms with Crippen LogP contribution >= 0.6 is 12.4 Å². The molecular formula is C15H25ClN2O. The maximum Gasteiger partial charge on any atom is 0.224 e. The summed E-state index contributed by atoms with van der Waals surface area (Å²) in [5.41, 5.74) is 6.99. The molecule has 3 atom stereocenters. The number of benzene rings is 1. The van der Waals surface area contributed by atoms with Crippen LogP contribution in [-0.2, 0) is 11.2 Å². The van der Waals surface area contributed by atoms with Crippen LogP contribution in [0.25, 0.3) is 0 Å². The van der Waals surface area contributed by atoms with Crippen LogP contribution in [0.15, 0.2) is 30.3 Å². The second-order valence-corrected chi connectivity index (χ2v) is 4.95. The topological polar surface area (TPSA) is 55.1 Å². The number of amides is 1. The lowest BCUT2D eigenvalue weighted by Crippen LogP contribution is -2.43. The van der Waals surface area contributed by atoms with Gasteiger partial charge in [-0.1, -0.05) is 44.2 Å². The van der Waals surface area contributed by atoms with Crippen molar-refractivity contribution >= 4 is 18.3 Å². The molecule has 4 heteroatoms. The summed E-state index contributed by atoms with van der Waals surface area (Å²) in [5.74, 6) is -0.0948. The van der Waals surface area contributed by atoms with Crippen LogP contribution < -0.4 is 11.1 Å². The Balaban J connectivity index is 0.00000324. The van der Waals surface area contributed by atoms with Gasteiger partial charge in [-0.3, -0.25) is 4.79 Å². The molecule has 0 radical (unpaired) electrons. The third-order valence-corrected chi connectivity index (χ3v) is 3.37. The average molecular weight is 285 g/mol. The van der Waals surface area contributed by atoms with Crippen LogP contribution in [-0.4, -0.2) is 18.0 Å². The number of rotatable bonds is 6. The average Bonchev–Trinajstić information content (AvgIpc) is 2.37. The molecule has 3 unspecified atom stereocenters. The Hall–Kier alpha value is -1.06. The highest BCUT2D eigenvalue weighted by Gasteiger charge is 2.19. The third-order valence-electron chi connectivity index (χ3n) is 3.37. The lowest BCUT2D eigenvalue weighted by Gasteiger charge is -2.21. The van der Waals surface area contributed by atoms with Gasteiger partial charge in [0.2, 0.25) is 5.91 Å². The van der Waals surface area contributed by atoms with Crippen molar-refractivity contribution in [2.24, 2.45) is 11.7 Å². The van der Waals surface area contributed by atoms with Gasteiger partial charge in [0.15, 0.2) is 0 Å². The van der Waals surface area contributed by atoms with Gasteiger partial charge in [-0.05, 0) is 25.3 Å². The highest BCUT2D eigenvalue weighted by Crippen LogP contribution is 2.07. The molecule has 0 aliphatic rings. The van der Waals surface area contributed by atoms with Crippen molar-refractivity contribution in [3.63, 3.8) is 0 Å². The van der Waals surface area contributed by atoms with E-state index in [0.717, 1.165) is 12.8 Å². The van der Waals surface area contributed by atoms with E-state index in [0.29, 0.717) is 0 Å². The van der Waals surface area contributed by atoms with Crippen molar-refractivity contribution in [3.8, 4) is 0 Å². The van der Waals surface area contributed by atoms with Gasteiger partial charge in [0.25, 0.3) is 0 Å². The second kappa shape index (κ2) is 8.94. The van der Waals surface area contributed by atoms with Crippen molar-refractivity contribution in [2.75, 3.05) is 0 Å². The largest absolute Gasteiger partial charge is 0.353 e. The molecule has 1 rings (SSSR count). The Labute approximate surface area is 122 Å². The Morgan fingerprint density at radius 1 is 1.26 bits per heavy atom. The standard InChI is InChI=1S/C15H24N2O.ClH/c1-4-14(10-13-8-6-5-7-9-13)17-15(18)11(2)12(3)16;/h5-9,11-12,14H,4,10,16H2,1-3H3,(H,17,18);1H. The molecule has 0 aliphatic heterocycles. The summed E-state index contributed by atoms with van der Waals surface area (Å²) < 4.78 is 0. The molecule has 19 heavy (non-hydrogen) atoms. The molecule has 0 saturated carbocycles. The summed E-state index contributed by atoms with van der Waals surface area (Å²) in [4.78, 5) is 12.0. The molecule has 3 nitrogen and oxygen atoms in total. The first-order chi connectivity index (χ1) is 8.54. The minimum atomic E-state index is -0.144. The molecule has 3 N–H and O–H groups in total. The number of nitrogens with two attached hydrogens (primary N) is 1. The minimum Gasteiger partial charge on any atom is -0.353 e. The fraction of sp³-hybridized carbons (Fsp3) is 0.533. The van der Waals surface area contributed by atoms with E-state index in [9.17, 15) is 4.79 Å². The Morgan fingerprint density at radius 2 is 1.84 bits per heavy atom. The fourth-order valence-corrected chi connectivity index (χ4v) is 1.77. The second-order valence-electron chi connectivity index (χ2n) is 4.95. The Bertz CT molecular complexity index is 368. The number of hydrogen-bond acceptors (Lipinski definition) is 2. The SMILES string of the molecule is CCC(Cc1ccccc1)NC(=O)C(C)C(C)N.Cl. The van der Waals surface area contributed by atoms with Crippen molar-refractivity contribution in [2.45, 2.75) is 45.7 Å². The van der Waals surface area contributed by atoms with Crippen molar-refractivity contribution in [1.29, 1.82) is 0 Å². The summed E-state index contributed by atoms with van der Waals surface area (Å²) >= 11 is 0. The quantitative estimate of drug-likeness (QED) is 0.843. The molecule has 0 saturated heterocycles. The lowest BCUT2D eigenvalue weighted by atomic mass is 10.0. The normalized spacial score (nSPS) is 14.9. The maximum atomic E-state index is 12.0. The van der Waals surface area contributed by atoms with Gasteiger partial charge < -0.3 is 11.1 Å². The Morgan fingerprint density at radius 3 is 2.32 bits per heavy atom. The van der Waals surface area contributed by atoms with Gasteiger partial charge in [-0.15, -0.1) is 12.4 Å². The van der Waals surface area contributed by atoms with Gasteiger partial charge in [0.05, 0.1) is 0 Å². The molecule has 0 aliphatic carbocycles. The lowest BCUT2D eigenvalue weighted by molar-refractivity contribution is -0.125. The van der Waals surface area contributed by atoms with Crippen LogP contribution in [0.4, 0.5) is 0 Å². The van der Waals surface area contributed by atoms with Crippen LogP contribution in [0.3, 0.4) is 0 Å². The smallest absolute Gasteiger partial charge is 0.224 e. The molecule has 0 aromatic heterocycles. The van der Waals surface area contributed by atoms with Crippen LogP contribution in [0.5, 0.6) is 0 Å². The summed E-state index contributed by atoms with van der Waals surface area (Å²) in [6.07, 6.45) is 1.79. The molecule has 0 heterocycles. The Kier molecular flexibility index (Phi) is 8.44. The summed E-state index contributed by atoms with van der Waals surface area (Å²) in [7, 11) is 0. The first kappa shape index (κ1) is 17.9.